The summed E-state index contributed by atoms with van der Waals surface area (Å²) in [6.45, 7) is 0. The molecule has 1 amide bonds. The van der Waals surface area contributed by atoms with Crippen LogP contribution >= 0.6 is 0 Å². The molecule has 7 nitrogen and oxygen atoms in total. The van der Waals surface area contributed by atoms with Crippen LogP contribution in [0.25, 0.3) is 11.3 Å². The average Bonchev–Trinajstić information content (AvgIpc) is 3.08. The lowest BCUT2D eigenvalue weighted by Crippen LogP contribution is -2.44. The van der Waals surface area contributed by atoms with Crippen molar-refractivity contribution in [3.63, 3.8) is 0 Å². The van der Waals surface area contributed by atoms with Crippen molar-refractivity contribution in [2.75, 3.05) is 0 Å². The Labute approximate surface area is 145 Å². The number of nitrogens with zero attached hydrogens (tertiary/aromatic N) is 2. The van der Waals surface area contributed by atoms with Gasteiger partial charge >= 0.3 is 5.97 Å². The van der Waals surface area contributed by atoms with Crippen molar-refractivity contribution in [3.05, 3.63) is 36.3 Å². The van der Waals surface area contributed by atoms with Crippen molar-refractivity contribution in [1.29, 1.82) is 0 Å². The molecule has 2 N–H and O–H groups in total. The third kappa shape index (κ3) is 4.23. The first-order valence-corrected chi connectivity index (χ1v) is 8.56. The lowest BCUT2D eigenvalue weighted by Gasteiger charge is -2.26. The van der Waals surface area contributed by atoms with E-state index in [1.165, 1.54) is 0 Å². The Morgan fingerprint density at radius 1 is 1.20 bits per heavy atom. The normalized spacial score (nSPS) is 21.1. The van der Waals surface area contributed by atoms with Gasteiger partial charge in [0.25, 0.3) is 5.91 Å². The standard InChI is InChI=1S/C18H21N3O4/c22-17(15-10-16(25-21-15)12-6-5-9-19-11-12)20-14-8-4-2-1-3-7-13(14)18(23)24/h5-6,9-11,13-14H,1-4,7-8H2,(H,20,22)(H,23,24). The molecule has 7 heteroatoms. The Hall–Kier alpha value is -2.70. The summed E-state index contributed by atoms with van der Waals surface area (Å²) in [7, 11) is 0. The molecule has 0 radical (unpaired) electrons. The molecule has 2 unspecified atom stereocenters. The number of aliphatic carboxylic acids is 1. The molecule has 2 aromatic heterocycles. The van der Waals surface area contributed by atoms with E-state index in [1.807, 2.05) is 6.07 Å². The van der Waals surface area contributed by atoms with E-state index in [2.05, 4.69) is 15.5 Å². The predicted molar refractivity (Wildman–Crippen MR) is 89.8 cm³/mol. The van der Waals surface area contributed by atoms with E-state index in [9.17, 15) is 14.7 Å². The highest BCUT2D eigenvalue weighted by molar-refractivity contribution is 5.93. The van der Waals surface area contributed by atoms with E-state index in [-0.39, 0.29) is 11.7 Å². The molecular weight excluding hydrogens is 322 g/mol. The molecule has 2 heterocycles. The largest absolute Gasteiger partial charge is 0.481 e. The molecule has 3 rings (SSSR count). The molecule has 1 aliphatic carbocycles. The molecular formula is C18H21N3O4. The van der Waals surface area contributed by atoms with Gasteiger partial charge in [-0.25, -0.2) is 0 Å². The first-order valence-electron chi connectivity index (χ1n) is 8.56. The molecule has 2 aromatic rings. The molecule has 25 heavy (non-hydrogen) atoms. The van der Waals surface area contributed by atoms with Gasteiger partial charge in [0.15, 0.2) is 11.5 Å². The Kier molecular flexibility index (Phi) is 5.42. The molecule has 0 spiro atoms. The van der Waals surface area contributed by atoms with Crippen molar-refractivity contribution in [3.8, 4) is 11.3 Å². The number of hydrogen-bond donors (Lipinski definition) is 2. The zero-order valence-corrected chi connectivity index (χ0v) is 13.9. The SMILES string of the molecule is O=C(NC1CCCCCCC1C(=O)O)c1cc(-c2cccnc2)on1. The van der Waals surface area contributed by atoms with Gasteiger partial charge in [-0.1, -0.05) is 30.8 Å². The first kappa shape index (κ1) is 17.1. The zero-order chi connectivity index (χ0) is 17.6. The fourth-order valence-electron chi connectivity index (χ4n) is 3.22. The quantitative estimate of drug-likeness (QED) is 0.884. The van der Waals surface area contributed by atoms with Crippen LogP contribution in [0, 0.1) is 5.92 Å². The second-order valence-electron chi connectivity index (χ2n) is 6.33. The van der Waals surface area contributed by atoms with E-state index in [0.29, 0.717) is 18.6 Å². The van der Waals surface area contributed by atoms with Crippen LogP contribution in [0.2, 0.25) is 0 Å². The number of aromatic nitrogens is 2. The van der Waals surface area contributed by atoms with Gasteiger partial charge in [-0.15, -0.1) is 0 Å². The monoisotopic (exact) mass is 343 g/mol. The van der Waals surface area contributed by atoms with Crippen LogP contribution < -0.4 is 5.32 Å². The van der Waals surface area contributed by atoms with Gasteiger partial charge in [-0.05, 0) is 25.0 Å². The number of amides is 1. The topological polar surface area (TPSA) is 105 Å². The number of nitrogens with one attached hydrogen (secondary N) is 1. The van der Waals surface area contributed by atoms with Gasteiger partial charge in [0.1, 0.15) is 0 Å². The minimum atomic E-state index is -0.858. The summed E-state index contributed by atoms with van der Waals surface area (Å²) in [5.41, 5.74) is 0.869. The summed E-state index contributed by atoms with van der Waals surface area (Å²) in [4.78, 5) is 28.0. The van der Waals surface area contributed by atoms with Gasteiger partial charge in [0, 0.05) is 30.1 Å². The summed E-state index contributed by atoms with van der Waals surface area (Å²) in [5, 5.41) is 16.1. The van der Waals surface area contributed by atoms with Gasteiger partial charge in [0.2, 0.25) is 0 Å². The van der Waals surface area contributed by atoms with Crippen LogP contribution in [0.5, 0.6) is 0 Å². The van der Waals surface area contributed by atoms with Gasteiger partial charge in [0.05, 0.1) is 5.92 Å². The second-order valence-corrected chi connectivity index (χ2v) is 6.33. The molecule has 0 aromatic carbocycles. The van der Waals surface area contributed by atoms with E-state index in [0.717, 1.165) is 31.2 Å². The van der Waals surface area contributed by atoms with Crippen LogP contribution in [0.15, 0.2) is 35.1 Å². The lowest BCUT2D eigenvalue weighted by atomic mass is 9.86. The van der Waals surface area contributed by atoms with E-state index < -0.39 is 17.8 Å². The minimum absolute atomic E-state index is 0.144. The lowest BCUT2D eigenvalue weighted by molar-refractivity contribution is -0.143. The van der Waals surface area contributed by atoms with Crippen molar-refractivity contribution >= 4 is 11.9 Å². The van der Waals surface area contributed by atoms with E-state index >= 15 is 0 Å². The highest BCUT2D eigenvalue weighted by atomic mass is 16.5. The Morgan fingerprint density at radius 3 is 2.72 bits per heavy atom. The van der Waals surface area contributed by atoms with Crippen LogP contribution in [0.1, 0.15) is 49.0 Å². The summed E-state index contributed by atoms with van der Waals surface area (Å²) in [5.74, 6) is -1.38. The van der Waals surface area contributed by atoms with Crippen LogP contribution in [0.4, 0.5) is 0 Å². The summed E-state index contributed by atoms with van der Waals surface area (Å²) in [6, 6.07) is 4.74. The molecule has 1 aliphatic rings. The van der Waals surface area contributed by atoms with Gasteiger partial charge < -0.3 is 14.9 Å². The number of hydrogen-bond acceptors (Lipinski definition) is 5. The van der Waals surface area contributed by atoms with Crippen molar-refractivity contribution in [2.45, 2.75) is 44.6 Å². The third-order valence-electron chi connectivity index (χ3n) is 4.59. The van der Waals surface area contributed by atoms with Gasteiger partial charge in [-0.2, -0.15) is 0 Å². The van der Waals surface area contributed by atoms with Crippen LogP contribution in [-0.2, 0) is 4.79 Å². The molecule has 1 saturated carbocycles. The van der Waals surface area contributed by atoms with Crippen molar-refractivity contribution in [1.82, 2.24) is 15.5 Å². The summed E-state index contributed by atoms with van der Waals surface area (Å²) in [6.07, 6.45) is 8.41. The Balaban J connectivity index is 1.72. The molecule has 0 saturated heterocycles. The fraction of sp³-hybridized carbons (Fsp3) is 0.444. The molecule has 1 fully saturated rings. The van der Waals surface area contributed by atoms with Crippen LogP contribution in [0.3, 0.4) is 0 Å². The summed E-state index contributed by atoms with van der Waals surface area (Å²) < 4.78 is 5.21. The highest BCUT2D eigenvalue weighted by Gasteiger charge is 2.30. The third-order valence-corrected chi connectivity index (χ3v) is 4.59. The number of carboxylic acids is 1. The molecule has 0 aliphatic heterocycles. The average molecular weight is 343 g/mol. The van der Waals surface area contributed by atoms with E-state index in [4.69, 9.17) is 4.52 Å². The number of rotatable bonds is 4. The fourth-order valence-corrected chi connectivity index (χ4v) is 3.22. The van der Waals surface area contributed by atoms with Crippen LogP contribution in [-0.4, -0.2) is 33.2 Å². The van der Waals surface area contributed by atoms with Crippen molar-refractivity contribution < 1.29 is 19.2 Å². The summed E-state index contributed by atoms with van der Waals surface area (Å²) >= 11 is 0. The smallest absolute Gasteiger partial charge is 0.308 e. The molecule has 2 atom stereocenters. The molecule has 132 valence electrons. The maximum Gasteiger partial charge on any atom is 0.308 e. The van der Waals surface area contributed by atoms with Crippen molar-refractivity contribution in [2.24, 2.45) is 5.92 Å². The number of carbonyl (C=O) groups excluding carboxylic acids is 1. The number of carbonyl (C=O) groups is 2. The number of pyridine rings is 1. The highest BCUT2D eigenvalue weighted by Crippen LogP contribution is 2.24. The molecule has 0 bridgehead atoms. The number of carboxylic acid groups (broad SMARTS) is 1. The Bertz CT molecular complexity index is 729. The zero-order valence-electron chi connectivity index (χ0n) is 13.9. The minimum Gasteiger partial charge on any atom is -0.481 e. The maximum absolute atomic E-state index is 12.5. The van der Waals surface area contributed by atoms with E-state index in [1.54, 1.807) is 24.5 Å². The second kappa shape index (κ2) is 7.92. The predicted octanol–water partition coefficient (Wildman–Crippen LogP) is 2.89. The maximum atomic E-state index is 12.5. The Morgan fingerprint density at radius 2 is 2.00 bits per heavy atom. The first-order chi connectivity index (χ1) is 12.1. The van der Waals surface area contributed by atoms with Gasteiger partial charge in [-0.3, -0.25) is 14.6 Å².